The molecule has 0 spiro atoms. The first-order chi connectivity index (χ1) is 11.0. The summed E-state index contributed by atoms with van der Waals surface area (Å²) in [6.45, 7) is 0. The average molecular weight is 314 g/mol. The van der Waals surface area contributed by atoms with E-state index in [0.717, 1.165) is 6.07 Å². The molecule has 0 unspecified atom stereocenters. The van der Waals surface area contributed by atoms with Crippen molar-refractivity contribution in [2.75, 3.05) is 14.2 Å². The molecule has 1 aliphatic heterocycles. The number of benzene rings is 2. The van der Waals surface area contributed by atoms with Crippen LogP contribution in [-0.4, -0.2) is 30.2 Å². The fraction of sp³-hybridized carbons (Fsp3) is 0.118. The van der Waals surface area contributed by atoms with Crippen molar-refractivity contribution >= 4 is 11.9 Å². The van der Waals surface area contributed by atoms with Crippen LogP contribution in [0.15, 0.2) is 36.1 Å². The number of hydrogen-bond acceptors (Lipinski definition) is 6. The van der Waals surface area contributed by atoms with E-state index in [-0.39, 0.29) is 28.6 Å². The first-order valence-electron chi connectivity index (χ1n) is 6.76. The standard InChI is InChI=1S/C17H14O6/c1-21-12-5-3-4-9(17(12)22-2)6-14-16(20)15-11(19)7-10(18)8-13(15)23-14/h3-8,18-19H,1-2H3/b14-6-. The van der Waals surface area contributed by atoms with E-state index in [2.05, 4.69) is 0 Å². The third kappa shape index (κ3) is 2.44. The van der Waals surface area contributed by atoms with Crippen LogP contribution in [0, 0.1) is 0 Å². The molecule has 3 rings (SSSR count). The van der Waals surface area contributed by atoms with Gasteiger partial charge in [-0.2, -0.15) is 0 Å². The maximum absolute atomic E-state index is 12.4. The number of rotatable bonds is 3. The van der Waals surface area contributed by atoms with Gasteiger partial charge in [0.15, 0.2) is 17.3 Å². The Morgan fingerprint density at radius 2 is 1.91 bits per heavy atom. The molecular formula is C17H14O6. The summed E-state index contributed by atoms with van der Waals surface area (Å²) in [5, 5.41) is 19.3. The maximum atomic E-state index is 12.4. The first kappa shape index (κ1) is 14.8. The summed E-state index contributed by atoms with van der Waals surface area (Å²) < 4.78 is 16.0. The first-order valence-corrected chi connectivity index (χ1v) is 6.76. The SMILES string of the molecule is COc1cccc(/C=C2\Oc3cc(O)cc(O)c3C2=O)c1OC. The second kappa shape index (κ2) is 5.57. The van der Waals surface area contributed by atoms with Gasteiger partial charge in [-0.15, -0.1) is 0 Å². The fourth-order valence-corrected chi connectivity index (χ4v) is 2.45. The number of carbonyl (C=O) groups is 1. The summed E-state index contributed by atoms with van der Waals surface area (Å²) in [5.41, 5.74) is 0.614. The highest BCUT2D eigenvalue weighted by Crippen LogP contribution is 2.41. The molecule has 2 aromatic carbocycles. The van der Waals surface area contributed by atoms with Crippen LogP contribution in [0.25, 0.3) is 6.08 Å². The van der Waals surface area contributed by atoms with Crippen molar-refractivity contribution in [3.05, 3.63) is 47.2 Å². The topological polar surface area (TPSA) is 85.2 Å². The number of hydrogen-bond donors (Lipinski definition) is 2. The van der Waals surface area contributed by atoms with Gasteiger partial charge in [0.2, 0.25) is 5.78 Å². The molecule has 6 heteroatoms. The van der Waals surface area contributed by atoms with E-state index in [1.54, 1.807) is 18.2 Å². The number of carbonyl (C=O) groups excluding carboxylic acids is 1. The molecule has 0 fully saturated rings. The Balaban J connectivity index is 2.07. The molecule has 0 saturated heterocycles. The third-order valence-corrected chi connectivity index (χ3v) is 3.46. The van der Waals surface area contributed by atoms with E-state index in [0.29, 0.717) is 17.1 Å². The summed E-state index contributed by atoms with van der Waals surface area (Å²) in [6.07, 6.45) is 1.50. The number of fused-ring (bicyclic) bond motifs is 1. The highest BCUT2D eigenvalue weighted by molar-refractivity contribution is 6.16. The minimum Gasteiger partial charge on any atom is -0.508 e. The molecule has 0 bridgehead atoms. The van der Waals surface area contributed by atoms with Crippen LogP contribution >= 0.6 is 0 Å². The van der Waals surface area contributed by atoms with Crippen molar-refractivity contribution in [1.82, 2.24) is 0 Å². The molecule has 0 radical (unpaired) electrons. The number of phenolic OH excluding ortho intramolecular Hbond substituents is 2. The number of allylic oxidation sites excluding steroid dienone is 1. The van der Waals surface area contributed by atoms with E-state index in [1.807, 2.05) is 0 Å². The minimum absolute atomic E-state index is 0.0208. The Hall–Kier alpha value is -3.15. The number of ether oxygens (including phenoxy) is 3. The predicted molar refractivity (Wildman–Crippen MR) is 82.3 cm³/mol. The van der Waals surface area contributed by atoms with Crippen LogP contribution in [0.5, 0.6) is 28.7 Å². The highest BCUT2D eigenvalue weighted by Gasteiger charge is 2.31. The second-order valence-corrected chi connectivity index (χ2v) is 4.86. The van der Waals surface area contributed by atoms with Crippen LogP contribution < -0.4 is 14.2 Å². The monoisotopic (exact) mass is 314 g/mol. The molecule has 0 amide bonds. The number of para-hydroxylation sites is 1. The number of aromatic hydroxyl groups is 2. The second-order valence-electron chi connectivity index (χ2n) is 4.86. The van der Waals surface area contributed by atoms with Crippen molar-refractivity contribution < 1.29 is 29.2 Å². The van der Waals surface area contributed by atoms with Crippen LogP contribution in [0.2, 0.25) is 0 Å². The lowest BCUT2D eigenvalue weighted by Gasteiger charge is -2.10. The van der Waals surface area contributed by atoms with Gasteiger partial charge in [-0.05, 0) is 12.1 Å². The number of ketones is 1. The largest absolute Gasteiger partial charge is 0.508 e. The van der Waals surface area contributed by atoms with Crippen LogP contribution in [-0.2, 0) is 0 Å². The molecule has 2 N–H and O–H groups in total. The molecule has 0 aromatic heterocycles. The Morgan fingerprint density at radius 1 is 1.13 bits per heavy atom. The van der Waals surface area contributed by atoms with Crippen molar-refractivity contribution in [1.29, 1.82) is 0 Å². The summed E-state index contributed by atoms with van der Waals surface area (Å²) in [4.78, 5) is 12.4. The van der Waals surface area contributed by atoms with Gasteiger partial charge in [0, 0.05) is 17.7 Å². The Labute approximate surface area is 132 Å². The van der Waals surface area contributed by atoms with E-state index in [1.165, 1.54) is 26.4 Å². The summed E-state index contributed by atoms with van der Waals surface area (Å²) in [5.74, 6) is 0.128. The third-order valence-electron chi connectivity index (χ3n) is 3.46. The zero-order chi connectivity index (χ0) is 16.6. The van der Waals surface area contributed by atoms with Gasteiger partial charge in [0.25, 0.3) is 0 Å². The smallest absolute Gasteiger partial charge is 0.235 e. The van der Waals surface area contributed by atoms with Gasteiger partial charge < -0.3 is 24.4 Å². The Bertz CT molecular complexity index is 822. The Morgan fingerprint density at radius 3 is 2.61 bits per heavy atom. The summed E-state index contributed by atoms with van der Waals surface area (Å²) >= 11 is 0. The van der Waals surface area contributed by atoms with Crippen LogP contribution in [0.3, 0.4) is 0 Å². The van der Waals surface area contributed by atoms with E-state index >= 15 is 0 Å². The van der Waals surface area contributed by atoms with Gasteiger partial charge in [-0.25, -0.2) is 0 Å². The molecule has 2 aromatic rings. The number of Topliss-reactive ketones (excluding diaryl/α,β-unsaturated/α-hetero) is 1. The van der Waals surface area contributed by atoms with Crippen molar-refractivity contribution in [2.45, 2.75) is 0 Å². The van der Waals surface area contributed by atoms with E-state index < -0.39 is 5.78 Å². The highest BCUT2D eigenvalue weighted by atomic mass is 16.5. The molecule has 23 heavy (non-hydrogen) atoms. The molecule has 1 heterocycles. The van der Waals surface area contributed by atoms with Crippen molar-refractivity contribution in [2.24, 2.45) is 0 Å². The fourth-order valence-electron chi connectivity index (χ4n) is 2.45. The maximum Gasteiger partial charge on any atom is 0.235 e. The lowest BCUT2D eigenvalue weighted by Crippen LogP contribution is -1.99. The zero-order valence-corrected chi connectivity index (χ0v) is 12.5. The van der Waals surface area contributed by atoms with Crippen molar-refractivity contribution in [3.8, 4) is 28.7 Å². The van der Waals surface area contributed by atoms with Gasteiger partial charge in [-0.1, -0.05) is 12.1 Å². The normalized spacial score (nSPS) is 14.5. The van der Waals surface area contributed by atoms with Crippen molar-refractivity contribution in [3.63, 3.8) is 0 Å². The van der Waals surface area contributed by atoms with Crippen LogP contribution in [0.4, 0.5) is 0 Å². The van der Waals surface area contributed by atoms with E-state index in [4.69, 9.17) is 14.2 Å². The lowest BCUT2D eigenvalue weighted by molar-refractivity contribution is 0.101. The lowest BCUT2D eigenvalue weighted by atomic mass is 10.1. The zero-order valence-electron chi connectivity index (χ0n) is 12.5. The predicted octanol–water partition coefficient (Wildman–Crippen LogP) is 2.73. The average Bonchev–Trinajstić information content (AvgIpc) is 2.83. The number of phenols is 2. The molecule has 0 aliphatic carbocycles. The van der Waals surface area contributed by atoms with E-state index in [9.17, 15) is 15.0 Å². The van der Waals surface area contributed by atoms with Gasteiger partial charge in [0.1, 0.15) is 22.8 Å². The summed E-state index contributed by atoms with van der Waals surface area (Å²) in [6, 6.07) is 7.59. The molecule has 6 nitrogen and oxygen atoms in total. The van der Waals surface area contributed by atoms with Gasteiger partial charge in [0.05, 0.1) is 14.2 Å². The molecule has 0 atom stereocenters. The molecule has 1 aliphatic rings. The number of methoxy groups -OCH3 is 2. The molecule has 0 saturated carbocycles. The van der Waals surface area contributed by atoms with Gasteiger partial charge >= 0.3 is 0 Å². The van der Waals surface area contributed by atoms with Gasteiger partial charge in [-0.3, -0.25) is 4.79 Å². The Kier molecular flexibility index (Phi) is 3.57. The summed E-state index contributed by atoms with van der Waals surface area (Å²) in [7, 11) is 3.01. The molecule has 118 valence electrons. The quantitative estimate of drug-likeness (QED) is 0.847. The minimum atomic E-state index is -0.470. The van der Waals surface area contributed by atoms with Crippen LogP contribution in [0.1, 0.15) is 15.9 Å². The molecular weight excluding hydrogens is 300 g/mol.